The highest BCUT2D eigenvalue weighted by Crippen LogP contribution is 2.24. The molecule has 1 aromatic carbocycles. The summed E-state index contributed by atoms with van der Waals surface area (Å²) in [6.45, 7) is 0. The van der Waals surface area contributed by atoms with Crippen LogP contribution in [0.5, 0.6) is 0 Å². The molecule has 2 atom stereocenters. The highest BCUT2D eigenvalue weighted by molar-refractivity contribution is 5.76. The van der Waals surface area contributed by atoms with Crippen molar-refractivity contribution in [2.45, 2.75) is 31.4 Å². The van der Waals surface area contributed by atoms with Crippen molar-refractivity contribution in [2.24, 2.45) is 0 Å². The summed E-state index contributed by atoms with van der Waals surface area (Å²) >= 11 is 0. The van der Waals surface area contributed by atoms with Gasteiger partial charge in [0.25, 0.3) is 5.56 Å². The fourth-order valence-corrected chi connectivity index (χ4v) is 3.22. The van der Waals surface area contributed by atoms with Crippen molar-refractivity contribution in [1.29, 1.82) is 0 Å². The van der Waals surface area contributed by atoms with Crippen LogP contribution < -0.4 is 10.9 Å². The molecule has 3 aromatic rings. The van der Waals surface area contributed by atoms with E-state index in [0.29, 0.717) is 17.0 Å². The summed E-state index contributed by atoms with van der Waals surface area (Å²) in [5.74, 6) is 0.479. The minimum absolute atomic E-state index is 0.189. The average Bonchev–Trinajstić information content (AvgIpc) is 3.22. The van der Waals surface area contributed by atoms with Crippen molar-refractivity contribution in [1.82, 2.24) is 19.7 Å². The molecule has 0 bridgehead atoms. The van der Waals surface area contributed by atoms with Crippen LogP contribution in [0.2, 0.25) is 0 Å². The summed E-state index contributed by atoms with van der Waals surface area (Å²) in [7, 11) is 1.73. The molecule has 124 valence electrons. The zero-order chi connectivity index (χ0) is 16.5. The fourth-order valence-electron chi connectivity index (χ4n) is 3.22. The molecule has 1 fully saturated rings. The first-order valence-corrected chi connectivity index (χ1v) is 8.07. The Hall–Kier alpha value is -2.67. The maximum atomic E-state index is 12.3. The van der Waals surface area contributed by atoms with Crippen molar-refractivity contribution in [3.8, 4) is 5.69 Å². The number of anilines is 1. The Morgan fingerprint density at radius 1 is 1.29 bits per heavy atom. The smallest absolute Gasteiger partial charge is 0.263 e. The number of ether oxygens (including phenoxy) is 1. The number of benzene rings is 1. The first-order valence-electron chi connectivity index (χ1n) is 8.07. The van der Waals surface area contributed by atoms with Gasteiger partial charge in [0, 0.05) is 13.2 Å². The minimum Gasteiger partial charge on any atom is -0.381 e. The quantitative estimate of drug-likeness (QED) is 0.767. The predicted octanol–water partition coefficient (Wildman–Crippen LogP) is 2.09. The zero-order valence-electron chi connectivity index (χ0n) is 13.4. The van der Waals surface area contributed by atoms with Crippen molar-refractivity contribution in [3.05, 3.63) is 46.9 Å². The molecular formula is C17H19N5O2. The summed E-state index contributed by atoms with van der Waals surface area (Å²) in [5.41, 5.74) is 1.23. The highest BCUT2D eigenvalue weighted by Gasteiger charge is 2.25. The lowest BCUT2D eigenvalue weighted by Crippen LogP contribution is -2.21. The Balaban J connectivity index is 1.69. The van der Waals surface area contributed by atoms with E-state index in [0.717, 1.165) is 24.9 Å². The summed E-state index contributed by atoms with van der Waals surface area (Å²) in [6.07, 6.45) is 4.75. The van der Waals surface area contributed by atoms with Crippen molar-refractivity contribution >= 4 is 17.0 Å². The van der Waals surface area contributed by atoms with E-state index in [1.807, 2.05) is 30.3 Å². The Morgan fingerprint density at radius 2 is 2.12 bits per heavy atom. The summed E-state index contributed by atoms with van der Waals surface area (Å²) < 4.78 is 7.07. The zero-order valence-corrected chi connectivity index (χ0v) is 13.4. The first-order chi connectivity index (χ1) is 11.7. The Kier molecular flexibility index (Phi) is 3.78. The monoisotopic (exact) mass is 325 g/mol. The molecule has 2 N–H and O–H groups in total. The van der Waals surface area contributed by atoms with E-state index >= 15 is 0 Å². The molecule has 0 radical (unpaired) electrons. The summed E-state index contributed by atoms with van der Waals surface area (Å²) in [6, 6.07) is 9.92. The van der Waals surface area contributed by atoms with Crippen LogP contribution in [-0.4, -0.2) is 39.0 Å². The molecule has 2 aromatic heterocycles. The largest absolute Gasteiger partial charge is 0.381 e. The highest BCUT2D eigenvalue weighted by atomic mass is 16.5. The third kappa shape index (κ3) is 2.67. The number of aromatic nitrogens is 4. The van der Waals surface area contributed by atoms with Crippen LogP contribution >= 0.6 is 0 Å². The van der Waals surface area contributed by atoms with E-state index in [1.165, 1.54) is 0 Å². The molecule has 4 rings (SSSR count). The minimum atomic E-state index is -0.189. The van der Waals surface area contributed by atoms with Crippen LogP contribution in [0.4, 0.5) is 5.95 Å². The van der Waals surface area contributed by atoms with Gasteiger partial charge in [-0.2, -0.15) is 10.1 Å². The number of nitrogens with one attached hydrogen (secondary N) is 2. The van der Waals surface area contributed by atoms with Crippen LogP contribution in [0.3, 0.4) is 0 Å². The Bertz CT molecular complexity index is 902. The molecule has 2 unspecified atom stereocenters. The number of hydrogen-bond donors (Lipinski definition) is 2. The van der Waals surface area contributed by atoms with Gasteiger partial charge >= 0.3 is 0 Å². The number of nitrogens with zero attached hydrogens (tertiary/aromatic N) is 3. The number of methoxy groups -OCH3 is 1. The van der Waals surface area contributed by atoms with E-state index in [2.05, 4.69) is 20.4 Å². The van der Waals surface area contributed by atoms with Gasteiger partial charge < -0.3 is 10.1 Å². The van der Waals surface area contributed by atoms with E-state index in [1.54, 1.807) is 18.0 Å². The molecule has 1 aliphatic rings. The molecule has 2 heterocycles. The van der Waals surface area contributed by atoms with E-state index in [4.69, 9.17) is 4.74 Å². The molecule has 7 heteroatoms. The lowest BCUT2D eigenvalue weighted by molar-refractivity contribution is 0.108. The third-order valence-electron chi connectivity index (χ3n) is 4.50. The third-order valence-corrected chi connectivity index (χ3v) is 4.50. The Labute approximate surface area is 138 Å². The molecule has 0 amide bonds. The predicted molar refractivity (Wildman–Crippen MR) is 91.5 cm³/mol. The van der Waals surface area contributed by atoms with Gasteiger partial charge in [-0.05, 0) is 31.4 Å². The lowest BCUT2D eigenvalue weighted by atomic mass is 10.2. The summed E-state index contributed by atoms with van der Waals surface area (Å²) in [4.78, 5) is 19.7. The van der Waals surface area contributed by atoms with E-state index in [9.17, 15) is 4.79 Å². The van der Waals surface area contributed by atoms with Gasteiger partial charge in [0.15, 0.2) is 5.65 Å². The molecular weight excluding hydrogens is 306 g/mol. The number of fused-ring (bicyclic) bond motifs is 1. The van der Waals surface area contributed by atoms with Gasteiger partial charge in [-0.1, -0.05) is 18.2 Å². The number of H-pyrrole nitrogens is 1. The van der Waals surface area contributed by atoms with Gasteiger partial charge in [-0.25, -0.2) is 4.68 Å². The topological polar surface area (TPSA) is 84.8 Å². The number of aromatic amines is 1. The second-order valence-corrected chi connectivity index (χ2v) is 6.06. The van der Waals surface area contributed by atoms with E-state index in [-0.39, 0.29) is 17.7 Å². The second-order valence-electron chi connectivity index (χ2n) is 6.06. The van der Waals surface area contributed by atoms with Crippen molar-refractivity contribution < 1.29 is 4.74 Å². The SMILES string of the molecule is COC1CCC(Nc2nc3c(cnn3-c3ccccc3)c(=O)[nH]2)C1. The fraction of sp³-hybridized carbons (Fsp3) is 0.353. The van der Waals surface area contributed by atoms with Crippen molar-refractivity contribution in [3.63, 3.8) is 0 Å². The standard InChI is InChI=1S/C17H19N5O2/c1-24-13-8-7-11(9-13)19-17-20-15-14(16(23)21-17)10-18-22(15)12-5-3-2-4-6-12/h2-6,10-11,13H,7-9H2,1H3,(H2,19,20,21,23). The normalized spacial score (nSPS) is 20.5. The van der Waals surface area contributed by atoms with Gasteiger partial charge in [0.1, 0.15) is 5.39 Å². The molecule has 0 saturated heterocycles. The van der Waals surface area contributed by atoms with Crippen LogP contribution in [0, 0.1) is 0 Å². The van der Waals surface area contributed by atoms with Gasteiger partial charge in [0.05, 0.1) is 18.0 Å². The number of para-hydroxylation sites is 1. The first kappa shape index (κ1) is 14.9. The molecule has 24 heavy (non-hydrogen) atoms. The van der Waals surface area contributed by atoms with Crippen LogP contribution in [-0.2, 0) is 4.74 Å². The maximum Gasteiger partial charge on any atom is 0.263 e. The Morgan fingerprint density at radius 3 is 2.88 bits per heavy atom. The van der Waals surface area contributed by atoms with Crippen molar-refractivity contribution in [2.75, 3.05) is 12.4 Å². The average molecular weight is 325 g/mol. The van der Waals surface area contributed by atoms with Crippen LogP contribution in [0.25, 0.3) is 16.7 Å². The molecule has 1 aliphatic carbocycles. The number of hydrogen-bond acceptors (Lipinski definition) is 5. The second kappa shape index (κ2) is 6.09. The number of rotatable bonds is 4. The van der Waals surface area contributed by atoms with Gasteiger partial charge in [0.2, 0.25) is 5.95 Å². The lowest BCUT2D eigenvalue weighted by Gasteiger charge is -2.13. The molecule has 1 saturated carbocycles. The van der Waals surface area contributed by atoms with Gasteiger partial charge in [-0.3, -0.25) is 9.78 Å². The molecule has 0 aliphatic heterocycles. The maximum absolute atomic E-state index is 12.3. The van der Waals surface area contributed by atoms with Crippen LogP contribution in [0.1, 0.15) is 19.3 Å². The molecule has 0 spiro atoms. The molecule has 7 nitrogen and oxygen atoms in total. The van der Waals surface area contributed by atoms with E-state index < -0.39 is 0 Å². The van der Waals surface area contributed by atoms with Crippen LogP contribution in [0.15, 0.2) is 41.3 Å². The van der Waals surface area contributed by atoms with Gasteiger partial charge in [-0.15, -0.1) is 0 Å². The summed E-state index contributed by atoms with van der Waals surface area (Å²) in [5, 5.41) is 8.11.